The smallest absolute Gasteiger partial charge is 0.370 e. The molecule has 0 aromatic carbocycles. The molecular formula is C14H21F3N4. The summed E-state index contributed by atoms with van der Waals surface area (Å²) < 4.78 is 38.5. The molecule has 2 rings (SSSR count). The van der Waals surface area contributed by atoms with Gasteiger partial charge in [0, 0.05) is 18.7 Å². The highest BCUT2D eigenvalue weighted by Gasteiger charge is 2.38. The van der Waals surface area contributed by atoms with E-state index in [1.807, 2.05) is 6.92 Å². The first-order chi connectivity index (χ1) is 9.94. The number of halogens is 3. The summed E-state index contributed by atoms with van der Waals surface area (Å²) in [6.45, 7) is 4.63. The van der Waals surface area contributed by atoms with Crippen molar-refractivity contribution in [1.29, 1.82) is 0 Å². The fourth-order valence-corrected chi connectivity index (χ4v) is 2.30. The van der Waals surface area contributed by atoms with Crippen LogP contribution >= 0.6 is 0 Å². The zero-order chi connectivity index (χ0) is 15.5. The quantitative estimate of drug-likeness (QED) is 0.801. The Labute approximate surface area is 122 Å². The maximum Gasteiger partial charge on any atom is 0.451 e. The normalized spacial score (nSPS) is 21.2. The third-order valence-electron chi connectivity index (χ3n) is 3.45. The van der Waals surface area contributed by atoms with E-state index in [-0.39, 0.29) is 17.7 Å². The monoisotopic (exact) mass is 302 g/mol. The molecule has 0 radical (unpaired) electrons. The van der Waals surface area contributed by atoms with Crippen molar-refractivity contribution in [1.82, 2.24) is 9.97 Å². The molecule has 1 fully saturated rings. The zero-order valence-electron chi connectivity index (χ0n) is 12.3. The highest BCUT2D eigenvalue weighted by molar-refractivity contribution is 5.49. The van der Waals surface area contributed by atoms with Crippen molar-refractivity contribution >= 4 is 11.6 Å². The van der Waals surface area contributed by atoms with Crippen molar-refractivity contribution < 1.29 is 13.2 Å². The number of nitrogens with one attached hydrogen (secondary N) is 2. The van der Waals surface area contributed by atoms with Crippen LogP contribution in [0.4, 0.5) is 24.8 Å². The van der Waals surface area contributed by atoms with E-state index in [9.17, 15) is 13.2 Å². The molecule has 0 saturated heterocycles. The lowest BCUT2D eigenvalue weighted by molar-refractivity contribution is -0.144. The maximum atomic E-state index is 12.8. The molecule has 21 heavy (non-hydrogen) atoms. The van der Waals surface area contributed by atoms with E-state index in [0.29, 0.717) is 12.5 Å². The first kappa shape index (κ1) is 15.9. The second-order valence-corrected chi connectivity index (χ2v) is 5.42. The summed E-state index contributed by atoms with van der Waals surface area (Å²) in [6.07, 6.45) is -0.543. The van der Waals surface area contributed by atoms with Gasteiger partial charge in [-0.05, 0) is 25.2 Å². The topological polar surface area (TPSA) is 49.8 Å². The Morgan fingerprint density at radius 3 is 2.52 bits per heavy atom. The van der Waals surface area contributed by atoms with E-state index in [0.717, 1.165) is 25.7 Å². The van der Waals surface area contributed by atoms with E-state index < -0.39 is 12.0 Å². The maximum absolute atomic E-state index is 12.8. The van der Waals surface area contributed by atoms with Crippen molar-refractivity contribution in [2.75, 3.05) is 17.2 Å². The van der Waals surface area contributed by atoms with Crippen LogP contribution in [0.5, 0.6) is 0 Å². The van der Waals surface area contributed by atoms with Crippen molar-refractivity contribution in [3.8, 4) is 0 Å². The van der Waals surface area contributed by atoms with Gasteiger partial charge in [-0.3, -0.25) is 0 Å². The number of rotatable bonds is 7. The highest BCUT2D eigenvalue weighted by Crippen LogP contribution is 2.37. The van der Waals surface area contributed by atoms with Gasteiger partial charge in [-0.15, -0.1) is 0 Å². The number of hydrogen-bond donors (Lipinski definition) is 2. The predicted molar refractivity (Wildman–Crippen MR) is 76.2 cm³/mol. The molecule has 1 aromatic rings. The second-order valence-electron chi connectivity index (χ2n) is 5.42. The second kappa shape index (κ2) is 6.49. The van der Waals surface area contributed by atoms with Gasteiger partial charge in [-0.25, -0.2) is 9.97 Å². The molecule has 118 valence electrons. The molecule has 2 N–H and O–H groups in total. The Bertz CT molecular complexity index is 476. The van der Waals surface area contributed by atoms with Crippen LogP contribution in [0, 0.1) is 5.92 Å². The van der Waals surface area contributed by atoms with Gasteiger partial charge >= 0.3 is 6.18 Å². The van der Waals surface area contributed by atoms with Crippen molar-refractivity contribution in [3.05, 3.63) is 11.9 Å². The zero-order valence-corrected chi connectivity index (χ0v) is 12.3. The average Bonchev–Trinajstić information content (AvgIpc) is 3.13. The highest BCUT2D eigenvalue weighted by atomic mass is 19.4. The third kappa shape index (κ3) is 4.47. The summed E-state index contributed by atoms with van der Waals surface area (Å²) in [6, 6.07) is 1.78. The predicted octanol–water partition coefficient (Wildman–Crippen LogP) is 3.92. The van der Waals surface area contributed by atoms with E-state index >= 15 is 0 Å². The number of alkyl halides is 3. The Balaban J connectivity index is 2.12. The van der Waals surface area contributed by atoms with E-state index in [4.69, 9.17) is 0 Å². The lowest BCUT2D eigenvalue weighted by Crippen LogP contribution is -2.16. The summed E-state index contributed by atoms with van der Waals surface area (Å²) in [5.41, 5.74) is 0. The van der Waals surface area contributed by atoms with Crippen molar-refractivity contribution in [3.63, 3.8) is 0 Å². The van der Waals surface area contributed by atoms with Crippen LogP contribution in [-0.4, -0.2) is 22.6 Å². The van der Waals surface area contributed by atoms with Gasteiger partial charge in [0.2, 0.25) is 5.82 Å². The molecule has 0 bridgehead atoms. The molecule has 0 spiro atoms. The minimum absolute atomic E-state index is 0.217. The van der Waals surface area contributed by atoms with Crippen molar-refractivity contribution in [2.24, 2.45) is 5.92 Å². The third-order valence-corrected chi connectivity index (χ3v) is 3.45. The number of nitrogens with zero attached hydrogens (tertiary/aromatic N) is 2. The molecule has 1 heterocycles. The van der Waals surface area contributed by atoms with Gasteiger partial charge in [0.1, 0.15) is 11.6 Å². The largest absolute Gasteiger partial charge is 0.451 e. The van der Waals surface area contributed by atoms with Gasteiger partial charge in [0.15, 0.2) is 0 Å². The first-order valence-electron chi connectivity index (χ1n) is 7.40. The standard InChI is InChI=1S/C14H21F3N4/c1-3-5-9-7-10(9)19-12-8-11(18-6-4-2)20-13(21-12)14(15,16)17/h8-10H,3-7H2,1-2H3,(H2,18,19,20,21). The molecule has 0 aliphatic heterocycles. The Kier molecular flexibility index (Phi) is 4.90. The van der Waals surface area contributed by atoms with Crippen LogP contribution in [0.2, 0.25) is 0 Å². The Morgan fingerprint density at radius 1 is 1.19 bits per heavy atom. The Hall–Kier alpha value is -1.53. The molecule has 1 aliphatic rings. The van der Waals surface area contributed by atoms with Gasteiger partial charge < -0.3 is 10.6 Å². The summed E-state index contributed by atoms with van der Waals surface area (Å²) in [5.74, 6) is -0.0842. The van der Waals surface area contributed by atoms with E-state index in [1.165, 1.54) is 0 Å². The van der Waals surface area contributed by atoms with Gasteiger partial charge in [-0.2, -0.15) is 13.2 Å². The van der Waals surface area contributed by atoms with Gasteiger partial charge in [0.25, 0.3) is 0 Å². The van der Waals surface area contributed by atoms with Crippen LogP contribution in [0.1, 0.15) is 45.4 Å². The lowest BCUT2D eigenvalue weighted by atomic mass is 10.2. The first-order valence-corrected chi connectivity index (χ1v) is 7.40. The SMILES string of the molecule is CCCNc1cc(NC2CC2CCC)nc(C(F)(F)F)n1. The fourth-order valence-electron chi connectivity index (χ4n) is 2.30. The van der Waals surface area contributed by atoms with Crippen LogP contribution in [0.25, 0.3) is 0 Å². The minimum atomic E-state index is -4.54. The summed E-state index contributed by atoms with van der Waals surface area (Å²) in [7, 11) is 0. The summed E-state index contributed by atoms with van der Waals surface area (Å²) in [4.78, 5) is 7.14. The molecule has 0 amide bonds. The van der Waals surface area contributed by atoms with Crippen LogP contribution < -0.4 is 10.6 Å². The van der Waals surface area contributed by atoms with E-state index in [2.05, 4.69) is 27.5 Å². The molecule has 2 atom stereocenters. The van der Waals surface area contributed by atoms with Gasteiger partial charge in [-0.1, -0.05) is 20.3 Å². The summed E-state index contributed by atoms with van der Waals surface area (Å²) in [5, 5.41) is 5.98. The van der Waals surface area contributed by atoms with Gasteiger partial charge in [0.05, 0.1) is 0 Å². The molecule has 4 nitrogen and oxygen atoms in total. The fraction of sp³-hybridized carbons (Fsp3) is 0.714. The Morgan fingerprint density at radius 2 is 1.90 bits per heavy atom. The molecular weight excluding hydrogens is 281 g/mol. The lowest BCUT2D eigenvalue weighted by Gasteiger charge is -2.12. The summed E-state index contributed by atoms with van der Waals surface area (Å²) >= 11 is 0. The van der Waals surface area contributed by atoms with Crippen molar-refractivity contribution in [2.45, 2.75) is 51.7 Å². The minimum Gasteiger partial charge on any atom is -0.370 e. The molecule has 1 aromatic heterocycles. The molecule has 7 heteroatoms. The van der Waals surface area contributed by atoms with Crippen LogP contribution in [-0.2, 0) is 6.18 Å². The number of anilines is 2. The number of hydrogen-bond acceptors (Lipinski definition) is 4. The number of aromatic nitrogens is 2. The van der Waals surface area contributed by atoms with Crippen LogP contribution in [0.3, 0.4) is 0 Å². The molecule has 2 unspecified atom stereocenters. The average molecular weight is 302 g/mol. The molecule has 1 aliphatic carbocycles. The molecule has 1 saturated carbocycles. The van der Waals surface area contributed by atoms with Crippen LogP contribution in [0.15, 0.2) is 6.07 Å². The van der Waals surface area contributed by atoms with E-state index in [1.54, 1.807) is 6.07 Å².